The fourth-order valence-corrected chi connectivity index (χ4v) is 2.62. The molecule has 1 aliphatic heterocycles. The Morgan fingerprint density at radius 1 is 1.12 bits per heavy atom. The van der Waals surface area contributed by atoms with E-state index in [1.165, 1.54) is 18.2 Å². The number of hydrogen-bond donors (Lipinski definition) is 2. The van der Waals surface area contributed by atoms with Crippen molar-refractivity contribution < 1.29 is 22.3 Å². The van der Waals surface area contributed by atoms with Gasteiger partial charge in [0.15, 0.2) is 0 Å². The van der Waals surface area contributed by atoms with Crippen LogP contribution in [0.4, 0.5) is 23.4 Å². The highest BCUT2D eigenvalue weighted by molar-refractivity contribution is 5.36. The fourth-order valence-electron chi connectivity index (χ4n) is 2.62. The summed E-state index contributed by atoms with van der Waals surface area (Å²) in [6.45, 7) is 1.47. The van der Waals surface area contributed by atoms with Gasteiger partial charge in [-0.15, -0.1) is 0 Å². The van der Waals surface area contributed by atoms with Gasteiger partial charge in [-0.25, -0.2) is 9.37 Å². The van der Waals surface area contributed by atoms with Gasteiger partial charge < -0.3 is 15.4 Å². The zero-order valence-electron chi connectivity index (χ0n) is 13.2. The average molecular weight is 355 g/mol. The first-order valence-corrected chi connectivity index (χ1v) is 7.78. The number of pyridine rings is 1. The summed E-state index contributed by atoms with van der Waals surface area (Å²) in [7, 11) is 0. The van der Waals surface area contributed by atoms with Crippen molar-refractivity contribution in [1.29, 1.82) is 0 Å². The van der Waals surface area contributed by atoms with Crippen molar-refractivity contribution in [3.63, 3.8) is 0 Å². The summed E-state index contributed by atoms with van der Waals surface area (Å²) >= 11 is 0. The summed E-state index contributed by atoms with van der Waals surface area (Å²) in [5.74, 6) is 0.128. The molecule has 25 heavy (non-hydrogen) atoms. The molecule has 1 fully saturated rings. The number of aromatic nitrogens is 1. The lowest BCUT2D eigenvalue weighted by Gasteiger charge is -2.21. The first-order valence-electron chi connectivity index (χ1n) is 7.78. The first-order chi connectivity index (χ1) is 11.9. The molecule has 1 aromatic heterocycles. The fraction of sp³-hybridized carbons (Fsp3) is 0.353. The highest BCUT2D eigenvalue weighted by Gasteiger charge is 2.30. The number of hydrogen-bond acceptors (Lipinski definition) is 4. The predicted molar refractivity (Wildman–Crippen MR) is 84.5 cm³/mol. The molecule has 0 unspecified atom stereocenters. The smallest absolute Gasteiger partial charge is 0.370 e. The second-order valence-electron chi connectivity index (χ2n) is 5.81. The minimum Gasteiger partial charge on any atom is -0.370 e. The average Bonchev–Trinajstić information content (AvgIpc) is 3.02. The summed E-state index contributed by atoms with van der Waals surface area (Å²) in [5.41, 5.74) is -0.0146. The highest BCUT2D eigenvalue weighted by Crippen LogP contribution is 2.29. The van der Waals surface area contributed by atoms with Crippen LogP contribution in [0, 0.1) is 5.82 Å². The standard InChI is InChI=1S/C17H17F4N3O/c18-13-5-6-16(23-7-13)24-14-8-22-9-15(14)25-10-11-1-3-12(4-2-11)17(19,20)21/h1-7,14-15,22H,8-10H2,(H,23,24)/t14-,15-/m1/s1. The van der Waals surface area contributed by atoms with Crippen LogP contribution in [0.1, 0.15) is 11.1 Å². The van der Waals surface area contributed by atoms with Gasteiger partial charge in [0.2, 0.25) is 0 Å². The van der Waals surface area contributed by atoms with Gasteiger partial charge in [-0.1, -0.05) is 12.1 Å². The monoisotopic (exact) mass is 355 g/mol. The van der Waals surface area contributed by atoms with E-state index in [1.807, 2.05) is 0 Å². The van der Waals surface area contributed by atoms with Gasteiger partial charge in [-0.3, -0.25) is 0 Å². The first kappa shape index (κ1) is 17.6. The lowest BCUT2D eigenvalue weighted by atomic mass is 10.1. The van der Waals surface area contributed by atoms with Crippen LogP contribution in [-0.2, 0) is 17.5 Å². The normalized spacial score (nSPS) is 20.6. The molecule has 0 aliphatic carbocycles. The van der Waals surface area contributed by atoms with Crippen LogP contribution in [0.2, 0.25) is 0 Å². The van der Waals surface area contributed by atoms with Gasteiger partial charge in [0.1, 0.15) is 11.6 Å². The Morgan fingerprint density at radius 3 is 2.52 bits per heavy atom. The van der Waals surface area contributed by atoms with Crippen molar-refractivity contribution in [2.24, 2.45) is 0 Å². The van der Waals surface area contributed by atoms with Crippen molar-refractivity contribution in [3.8, 4) is 0 Å². The van der Waals surface area contributed by atoms with E-state index < -0.39 is 17.6 Å². The molecule has 0 radical (unpaired) electrons. The van der Waals surface area contributed by atoms with Crippen LogP contribution in [0.5, 0.6) is 0 Å². The van der Waals surface area contributed by atoms with Gasteiger partial charge in [-0.05, 0) is 29.8 Å². The van der Waals surface area contributed by atoms with Crippen molar-refractivity contribution in [2.75, 3.05) is 18.4 Å². The van der Waals surface area contributed by atoms with Gasteiger partial charge >= 0.3 is 6.18 Å². The Morgan fingerprint density at radius 2 is 1.88 bits per heavy atom. The number of nitrogens with zero attached hydrogens (tertiary/aromatic N) is 1. The lowest BCUT2D eigenvalue weighted by Crippen LogP contribution is -2.34. The van der Waals surface area contributed by atoms with Crippen molar-refractivity contribution in [2.45, 2.75) is 24.9 Å². The summed E-state index contributed by atoms with van der Waals surface area (Å²) < 4.78 is 56.4. The lowest BCUT2D eigenvalue weighted by molar-refractivity contribution is -0.137. The third kappa shape index (κ3) is 4.67. The molecular weight excluding hydrogens is 338 g/mol. The molecule has 2 heterocycles. The summed E-state index contributed by atoms with van der Waals surface area (Å²) in [5, 5.41) is 6.35. The maximum atomic E-state index is 12.9. The number of benzene rings is 1. The number of nitrogens with one attached hydrogen (secondary N) is 2. The summed E-state index contributed by atoms with van der Waals surface area (Å²) in [4.78, 5) is 3.95. The Hall–Kier alpha value is -2.19. The molecule has 1 aliphatic rings. The molecule has 1 saturated heterocycles. The van der Waals surface area contributed by atoms with Crippen molar-refractivity contribution in [3.05, 3.63) is 59.5 Å². The number of anilines is 1. The van der Waals surface area contributed by atoms with Gasteiger partial charge in [0.05, 0.1) is 30.5 Å². The van der Waals surface area contributed by atoms with Crippen LogP contribution < -0.4 is 10.6 Å². The Bertz CT molecular complexity index is 689. The SMILES string of the molecule is Fc1ccc(N[C@@H]2CNC[C@H]2OCc2ccc(C(F)(F)F)cc2)nc1. The van der Waals surface area contributed by atoms with Crippen LogP contribution >= 0.6 is 0 Å². The second-order valence-corrected chi connectivity index (χ2v) is 5.81. The molecule has 2 atom stereocenters. The molecular formula is C17H17F4N3O. The van der Waals surface area contributed by atoms with Gasteiger partial charge in [-0.2, -0.15) is 13.2 Å². The van der Waals surface area contributed by atoms with E-state index in [4.69, 9.17) is 4.74 Å². The topological polar surface area (TPSA) is 46.2 Å². The van der Waals surface area contributed by atoms with E-state index in [9.17, 15) is 17.6 Å². The molecule has 134 valence electrons. The Kier molecular flexibility index (Phi) is 5.19. The quantitative estimate of drug-likeness (QED) is 0.809. The predicted octanol–water partition coefficient (Wildman–Crippen LogP) is 3.21. The van der Waals surface area contributed by atoms with Crippen LogP contribution in [-0.4, -0.2) is 30.2 Å². The Balaban J connectivity index is 1.55. The van der Waals surface area contributed by atoms with Crippen LogP contribution in [0.25, 0.3) is 0 Å². The van der Waals surface area contributed by atoms with Crippen LogP contribution in [0.15, 0.2) is 42.6 Å². The molecule has 4 nitrogen and oxygen atoms in total. The van der Waals surface area contributed by atoms with E-state index in [2.05, 4.69) is 15.6 Å². The van der Waals surface area contributed by atoms with Gasteiger partial charge in [0.25, 0.3) is 0 Å². The minimum atomic E-state index is -4.34. The minimum absolute atomic E-state index is 0.0626. The van der Waals surface area contributed by atoms with Crippen LogP contribution in [0.3, 0.4) is 0 Å². The molecule has 1 aromatic carbocycles. The zero-order chi connectivity index (χ0) is 17.9. The molecule has 0 spiro atoms. The van der Waals surface area contributed by atoms with E-state index in [0.717, 1.165) is 18.3 Å². The van der Waals surface area contributed by atoms with E-state index in [0.29, 0.717) is 24.5 Å². The Labute approximate surface area is 142 Å². The zero-order valence-corrected chi connectivity index (χ0v) is 13.2. The molecule has 2 aromatic rings. The second kappa shape index (κ2) is 7.37. The maximum absolute atomic E-state index is 12.9. The highest BCUT2D eigenvalue weighted by atomic mass is 19.4. The number of alkyl halides is 3. The third-order valence-corrected chi connectivity index (χ3v) is 3.96. The van der Waals surface area contributed by atoms with Gasteiger partial charge in [0, 0.05) is 13.1 Å². The molecule has 0 saturated carbocycles. The number of ether oxygens (including phenoxy) is 1. The number of rotatable bonds is 5. The maximum Gasteiger partial charge on any atom is 0.416 e. The molecule has 0 bridgehead atoms. The third-order valence-electron chi connectivity index (χ3n) is 3.96. The van der Waals surface area contributed by atoms with Crippen molar-refractivity contribution in [1.82, 2.24) is 10.3 Å². The van der Waals surface area contributed by atoms with E-state index in [-0.39, 0.29) is 18.8 Å². The largest absolute Gasteiger partial charge is 0.416 e. The molecule has 0 amide bonds. The van der Waals surface area contributed by atoms with E-state index in [1.54, 1.807) is 6.07 Å². The van der Waals surface area contributed by atoms with Crippen molar-refractivity contribution >= 4 is 5.82 Å². The molecule has 2 N–H and O–H groups in total. The van der Waals surface area contributed by atoms with E-state index >= 15 is 0 Å². The molecule has 3 rings (SSSR count). The summed E-state index contributed by atoms with van der Waals surface area (Å²) in [6.07, 6.45) is -3.39. The number of halogens is 4. The summed E-state index contributed by atoms with van der Waals surface area (Å²) in [6, 6.07) is 7.71. The molecule has 8 heteroatoms.